The Morgan fingerprint density at radius 2 is 1.56 bits per heavy atom. The fourth-order valence-corrected chi connectivity index (χ4v) is 2.67. The van der Waals surface area contributed by atoms with Gasteiger partial charge >= 0.3 is 0 Å². The summed E-state index contributed by atoms with van der Waals surface area (Å²) in [7, 11) is 0. The molecule has 0 aliphatic rings. The number of nitriles is 1. The molecule has 0 aliphatic carbocycles. The van der Waals surface area contributed by atoms with Gasteiger partial charge in [-0.1, -0.05) is 36.4 Å². The first-order valence-corrected chi connectivity index (χ1v) is 6.76. The van der Waals surface area contributed by atoms with Crippen molar-refractivity contribution in [2.75, 3.05) is 0 Å². The molecule has 0 heterocycles. The predicted octanol–water partition coefficient (Wildman–Crippen LogP) is 4.13. The Morgan fingerprint density at radius 1 is 0.944 bits per heavy atom. The highest BCUT2D eigenvalue weighted by Crippen LogP contribution is 2.21. The van der Waals surface area contributed by atoms with Gasteiger partial charge in [-0.3, -0.25) is 0 Å². The molecule has 2 rings (SSSR count). The zero-order valence-electron chi connectivity index (χ0n) is 9.77. The second kappa shape index (κ2) is 6.23. The highest BCUT2D eigenvalue weighted by atomic mass is 32.2. The van der Waals surface area contributed by atoms with Gasteiger partial charge in [-0.15, -0.1) is 0 Å². The summed E-state index contributed by atoms with van der Waals surface area (Å²) in [6, 6.07) is 16.5. The maximum atomic E-state index is 13.4. The summed E-state index contributed by atoms with van der Waals surface area (Å²) in [5.41, 5.74) is 2.40. The lowest BCUT2D eigenvalue weighted by molar-refractivity contribution is 0.617. The van der Waals surface area contributed by atoms with Crippen molar-refractivity contribution in [3.63, 3.8) is 0 Å². The normalized spacial score (nSPS) is 10.0. The van der Waals surface area contributed by atoms with Crippen LogP contribution in [0.25, 0.3) is 0 Å². The minimum atomic E-state index is -0.168. The van der Waals surface area contributed by atoms with Crippen LogP contribution >= 0.6 is 11.8 Å². The third-order valence-corrected chi connectivity index (χ3v) is 3.64. The molecule has 18 heavy (non-hydrogen) atoms. The van der Waals surface area contributed by atoms with E-state index < -0.39 is 0 Å². The molecule has 90 valence electrons. The average molecular weight is 257 g/mol. The minimum Gasteiger partial charge on any atom is -0.207 e. The van der Waals surface area contributed by atoms with Crippen molar-refractivity contribution in [1.82, 2.24) is 0 Å². The van der Waals surface area contributed by atoms with Crippen LogP contribution in [0.1, 0.15) is 16.7 Å². The fourth-order valence-electron chi connectivity index (χ4n) is 1.64. The van der Waals surface area contributed by atoms with Gasteiger partial charge in [0.2, 0.25) is 0 Å². The topological polar surface area (TPSA) is 23.8 Å². The lowest BCUT2D eigenvalue weighted by Gasteiger charge is -2.05. The number of benzene rings is 2. The van der Waals surface area contributed by atoms with Gasteiger partial charge in [-0.25, -0.2) is 4.39 Å². The Hall–Kier alpha value is -1.79. The predicted molar refractivity (Wildman–Crippen MR) is 72.6 cm³/mol. The molecular weight excluding hydrogens is 245 g/mol. The number of hydrogen-bond acceptors (Lipinski definition) is 2. The molecule has 0 aromatic heterocycles. The first-order valence-electron chi connectivity index (χ1n) is 5.60. The summed E-state index contributed by atoms with van der Waals surface area (Å²) in [5, 5.41) is 8.96. The van der Waals surface area contributed by atoms with Gasteiger partial charge in [0.05, 0.1) is 11.6 Å². The molecule has 0 saturated carbocycles. The van der Waals surface area contributed by atoms with Gasteiger partial charge < -0.3 is 0 Å². The van der Waals surface area contributed by atoms with Gasteiger partial charge in [-0.05, 0) is 23.3 Å². The van der Waals surface area contributed by atoms with E-state index in [1.54, 1.807) is 30.0 Å². The Labute approximate surface area is 110 Å². The molecule has 0 N–H and O–H groups in total. The van der Waals surface area contributed by atoms with Crippen LogP contribution in [0.2, 0.25) is 0 Å². The molecule has 0 bridgehead atoms. The summed E-state index contributed by atoms with van der Waals surface area (Å²) < 4.78 is 13.4. The number of halogens is 1. The first-order chi connectivity index (χ1) is 8.81. The molecule has 0 aliphatic heterocycles. The summed E-state index contributed by atoms with van der Waals surface area (Å²) in [5.74, 6) is 1.17. The van der Waals surface area contributed by atoms with Crippen LogP contribution < -0.4 is 0 Å². The van der Waals surface area contributed by atoms with E-state index >= 15 is 0 Å². The Balaban J connectivity index is 1.97. The average Bonchev–Trinajstić information content (AvgIpc) is 2.41. The van der Waals surface area contributed by atoms with Crippen LogP contribution in [0.15, 0.2) is 48.5 Å². The van der Waals surface area contributed by atoms with E-state index in [-0.39, 0.29) is 5.82 Å². The van der Waals surface area contributed by atoms with Crippen molar-refractivity contribution < 1.29 is 4.39 Å². The highest BCUT2D eigenvalue weighted by Gasteiger charge is 2.03. The van der Waals surface area contributed by atoms with Crippen molar-refractivity contribution in [1.29, 1.82) is 5.26 Å². The molecule has 0 amide bonds. The van der Waals surface area contributed by atoms with Crippen molar-refractivity contribution in [3.8, 4) is 6.07 Å². The van der Waals surface area contributed by atoms with E-state index in [0.29, 0.717) is 16.9 Å². The van der Waals surface area contributed by atoms with E-state index in [9.17, 15) is 4.39 Å². The number of rotatable bonds is 4. The smallest absolute Gasteiger partial charge is 0.127 e. The summed E-state index contributed by atoms with van der Waals surface area (Å²) >= 11 is 1.61. The molecule has 2 aromatic rings. The van der Waals surface area contributed by atoms with Crippen molar-refractivity contribution in [2.45, 2.75) is 11.5 Å². The van der Waals surface area contributed by atoms with E-state index in [1.165, 1.54) is 6.07 Å². The van der Waals surface area contributed by atoms with Crippen molar-refractivity contribution >= 4 is 11.8 Å². The number of nitrogens with zero attached hydrogens (tertiary/aromatic N) is 1. The monoisotopic (exact) mass is 257 g/mol. The Morgan fingerprint density at radius 3 is 2.28 bits per heavy atom. The molecule has 0 atom stereocenters. The van der Waals surface area contributed by atoms with Crippen LogP contribution in [-0.2, 0) is 11.5 Å². The quantitative estimate of drug-likeness (QED) is 0.822. The lowest BCUT2D eigenvalue weighted by Crippen LogP contribution is -1.90. The maximum Gasteiger partial charge on any atom is 0.127 e. The molecule has 0 radical (unpaired) electrons. The van der Waals surface area contributed by atoms with E-state index in [0.717, 1.165) is 11.3 Å². The van der Waals surface area contributed by atoms with Gasteiger partial charge in [0, 0.05) is 11.5 Å². The van der Waals surface area contributed by atoms with Crippen LogP contribution in [0.3, 0.4) is 0 Å². The number of thioether (sulfide) groups is 1. The lowest BCUT2D eigenvalue weighted by atomic mass is 10.1. The van der Waals surface area contributed by atoms with Gasteiger partial charge in [0.15, 0.2) is 0 Å². The standard InChI is InChI=1S/C15H12FNS/c16-15-8-4-3-7-14(15)11-18-10-13-6-2-1-5-12(13)9-17/h1-8H,10-11H2. The molecule has 2 aromatic carbocycles. The maximum absolute atomic E-state index is 13.4. The zero-order chi connectivity index (χ0) is 12.8. The van der Waals surface area contributed by atoms with Crippen LogP contribution in [0.4, 0.5) is 4.39 Å². The van der Waals surface area contributed by atoms with Gasteiger partial charge in [-0.2, -0.15) is 17.0 Å². The summed E-state index contributed by atoms with van der Waals surface area (Å²) in [6.45, 7) is 0. The van der Waals surface area contributed by atoms with Crippen LogP contribution in [-0.4, -0.2) is 0 Å². The molecule has 0 saturated heterocycles. The highest BCUT2D eigenvalue weighted by molar-refractivity contribution is 7.97. The second-order valence-corrected chi connectivity index (χ2v) is 4.84. The van der Waals surface area contributed by atoms with Gasteiger partial charge in [0.1, 0.15) is 5.82 Å². The van der Waals surface area contributed by atoms with E-state index in [2.05, 4.69) is 6.07 Å². The molecular formula is C15H12FNS. The minimum absolute atomic E-state index is 0.168. The third kappa shape index (κ3) is 3.12. The Bertz CT molecular complexity index is 575. The first kappa shape index (κ1) is 12.7. The van der Waals surface area contributed by atoms with E-state index in [4.69, 9.17) is 5.26 Å². The largest absolute Gasteiger partial charge is 0.207 e. The van der Waals surface area contributed by atoms with Crippen molar-refractivity contribution in [3.05, 3.63) is 71.0 Å². The zero-order valence-corrected chi connectivity index (χ0v) is 10.6. The Kier molecular flexibility index (Phi) is 4.38. The van der Waals surface area contributed by atoms with Gasteiger partial charge in [0.25, 0.3) is 0 Å². The molecule has 3 heteroatoms. The molecule has 0 unspecified atom stereocenters. The summed E-state index contributed by atoms with van der Waals surface area (Å²) in [4.78, 5) is 0. The van der Waals surface area contributed by atoms with Crippen LogP contribution in [0.5, 0.6) is 0 Å². The van der Waals surface area contributed by atoms with E-state index in [1.807, 2.05) is 24.3 Å². The molecule has 0 fully saturated rings. The number of hydrogen-bond donors (Lipinski definition) is 0. The van der Waals surface area contributed by atoms with Crippen LogP contribution in [0, 0.1) is 17.1 Å². The molecule has 0 spiro atoms. The molecule has 1 nitrogen and oxygen atoms in total. The second-order valence-electron chi connectivity index (χ2n) is 3.85. The summed E-state index contributed by atoms with van der Waals surface area (Å²) in [6.07, 6.45) is 0. The van der Waals surface area contributed by atoms with Crippen molar-refractivity contribution in [2.24, 2.45) is 0 Å². The third-order valence-electron chi connectivity index (χ3n) is 2.61. The fraction of sp³-hybridized carbons (Fsp3) is 0.133. The SMILES string of the molecule is N#Cc1ccccc1CSCc1ccccc1F.